The molecule has 0 radical (unpaired) electrons. The number of nitrogens with one attached hydrogen (secondary N) is 2. The summed E-state index contributed by atoms with van der Waals surface area (Å²) in [4.78, 5) is 16.1. The molecule has 2 N–H and O–H groups in total. The zero-order valence-corrected chi connectivity index (χ0v) is 12.6. The van der Waals surface area contributed by atoms with Crippen molar-refractivity contribution < 1.29 is 9.53 Å². The number of imidazole rings is 1. The van der Waals surface area contributed by atoms with Crippen LogP contribution in [-0.2, 0) is 16.1 Å². The zero-order valence-electron chi connectivity index (χ0n) is 12.6. The van der Waals surface area contributed by atoms with Crippen molar-refractivity contribution in [2.75, 3.05) is 33.4 Å². The van der Waals surface area contributed by atoms with Crippen molar-refractivity contribution >= 4 is 16.9 Å². The number of benzene rings is 1. The lowest BCUT2D eigenvalue weighted by Gasteiger charge is -2.09. The first-order chi connectivity index (χ1) is 10.2. The lowest BCUT2D eigenvalue weighted by atomic mass is 10.3. The first-order valence-electron chi connectivity index (χ1n) is 7.10. The number of carbonyl (C=O) groups excluding carboxylic acids is 1. The van der Waals surface area contributed by atoms with Crippen LogP contribution >= 0.6 is 0 Å². The average molecular weight is 290 g/mol. The number of hydrogen-bond donors (Lipinski definition) is 2. The number of rotatable bonds is 8. The molecule has 0 bridgehead atoms. The van der Waals surface area contributed by atoms with E-state index in [-0.39, 0.29) is 5.91 Å². The van der Waals surface area contributed by atoms with Gasteiger partial charge in [0, 0.05) is 26.7 Å². The smallest absolute Gasteiger partial charge is 0.234 e. The maximum Gasteiger partial charge on any atom is 0.234 e. The van der Waals surface area contributed by atoms with E-state index in [2.05, 4.69) is 20.2 Å². The van der Waals surface area contributed by atoms with E-state index < -0.39 is 0 Å². The topological polar surface area (TPSA) is 68.2 Å². The highest BCUT2D eigenvalue weighted by molar-refractivity contribution is 5.78. The molecule has 0 aliphatic carbocycles. The first kappa shape index (κ1) is 15.5. The lowest BCUT2D eigenvalue weighted by Crippen LogP contribution is -2.36. The Hall–Kier alpha value is -1.92. The maximum atomic E-state index is 11.6. The molecule has 114 valence electrons. The highest BCUT2D eigenvalue weighted by Crippen LogP contribution is 2.14. The zero-order chi connectivity index (χ0) is 15.1. The van der Waals surface area contributed by atoms with Crippen molar-refractivity contribution in [2.24, 2.45) is 0 Å². The van der Waals surface area contributed by atoms with Gasteiger partial charge < -0.3 is 19.9 Å². The first-order valence-corrected chi connectivity index (χ1v) is 7.10. The van der Waals surface area contributed by atoms with Crippen LogP contribution in [-0.4, -0.2) is 48.8 Å². The third-order valence-electron chi connectivity index (χ3n) is 3.27. The Bertz CT molecular complexity index is 594. The van der Waals surface area contributed by atoms with Crippen molar-refractivity contribution in [3.05, 3.63) is 30.1 Å². The largest absolute Gasteiger partial charge is 0.383 e. The predicted molar refractivity (Wildman–Crippen MR) is 82.2 cm³/mol. The molecule has 6 nitrogen and oxygen atoms in total. The van der Waals surface area contributed by atoms with Crippen LogP contribution in [0.2, 0.25) is 0 Å². The van der Waals surface area contributed by atoms with Crippen LogP contribution in [0.5, 0.6) is 0 Å². The van der Waals surface area contributed by atoms with E-state index in [0.717, 1.165) is 23.4 Å². The van der Waals surface area contributed by atoms with Crippen LogP contribution in [0.1, 0.15) is 5.82 Å². The Morgan fingerprint density at radius 3 is 2.95 bits per heavy atom. The van der Waals surface area contributed by atoms with Crippen molar-refractivity contribution in [1.82, 2.24) is 20.2 Å². The number of hydrogen-bond acceptors (Lipinski definition) is 4. The molecule has 0 atom stereocenters. The van der Waals surface area contributed by atoms with Crippen molar-refractivity contribution in [1.29, 1.82) is 0 Å². The molecule has 0 fully saturated rings. The van der Waals surface area contributed by atoms with E-state index in [1.807, 2.05) is 31.2 Å². The van der Waals surface area contributed by atoms with E-state index in [9.17, 15) is 4.79 Å². The summed E-state index contributed by atoms with van der Waals surface area (Å²) in [5.41, 5.74) is 2.09. The van der Waals surface area contributed by atoms with Gasteiger partial charge in [-0.05, 0) is 19.1 Å². The second kappa shape index (κ2) is 7.75. The second-order valence-electron chi connectivity index (χ2n) is 4.82. The van der Waals surface area contributed by atoms with E-state index in [1.165, 1.54) is 0 Å². The minimum absolute atomic E-state index is 0.00632. The average Bonchev–Trinajstić information content (AvgIpc) is 2.80. The fourth-order valence-electron chi connectivity index (χ4n) is 2.22. The molecule has 1 aromatic heterocycles. The summed E-state index contributed by atoms with van der Waals surface area (Å²) in [7, 11) is 1.64. The van der Waals surface area contributed by atoms with Crippen LogP contribution in [0.3, 0.4) is 0 Å². The summed E-state index contributed by atoms with van der Waals surface area (Å²) in [6.45, 7) is 4.88. The van der Waals surface area contributed by atoms with E-state index >= 15 is 0 Å². The molecule has 0 saturated heterocycles. The highest BCUT2D eigenvalue weighted by Gasteiger charge is 2.06. The van der Waals surface area contributed by atoms with Crippen molar-refractivity contribution in [3.8, 4) is 0 Å². The van der Waals surface area contributed by atoms with Crippen LogP contribution < -0.4 is 10.6 Å². The van der Waals surface area contributed by atoms with Crippen molar-refractivity contribution in [3.63, 3.8) is 0 Å². The standard InChI is InChI=1S/C15H22N4O2/c1-12-18-13-5-3-4-6-14(13)19(12)9-7-17-15(20)11-16-8-10-21-2/h3-6,16H,7-11H2,1-2H3,(H,17,20). The Morgan fingerprint density at radius 1 is 1.33 bits per heavy atom. The molecule has 0 saturated carbocycles. The minimum atomic E-state index is -0.00632. The number of nitrogens with zero attached hydrogens (tertiary/aromatic N) is 2. The van der Waals surface area contributed by atoms with Crippen LogP contribution in [0.4, 0.5) is 0 Å². The number of carbonyl (C=O) groups is 1. The monoisotopic (exact) mass is 290 g/mol. The Morgan fingerprint density at radius 2 is 2.14 bits per heavy atom. The Labute approximate surface area is 124 Å². The fourth-order valence-corrected chi connectivity index (χ4v) is 2.22. The van der Waals surface area contributed by atoms with Gasteiger partial charge in [0.05, 0.1) is 24.2 Å². The highest BCUT2D eigenvalue weighted by atomic mass is 16.5. The molecular weight excluding hydrogens is 268 g/mol. The minimum Gasteiger partial charge on any atom is -0.383 e. The van der Waals surface area contributed by atoms with Gasteiger partial charge in [0.15, 0.2) is 0 Å². The van der Waals surface area contributed by atoms with E-state index in [4.69, 9.17) is 4.74 Å². The van der Waals surface area contributed by atoms with Gasteiger partial charge in [-0.15, -0.1) is 0 Å². The quantitative estimate of drug-likeness (QED) is 0.702. The number of methoxy groups -OCH3 is 1. The molecule has 0 unspecified atom stereocenters. The van der Waals surface area contributed by atoms with E-state index in [0.29, 0.717) is 26.2 Å². The van der Waals surface area contributed by atoms with Crippen LogP contribution in [0.25, 0.3) is 11.0 Å². The molecule has 0 aliphatic heterocycles. The van der Waals surface area contributed by atoms with Gasteiger partial charge in [-0.2, -0.15) is 0 Å². The number of aromatic nitrogens is 2. The number of ether oxygens (including phenoxy) is 1. The van der Waals surface area contributed by atoms with E-state index in [1.54, 1.807) is 7.11 Å². The Balaban J connectivity index is 1.80. The predicted octanol–water partition coefficient (Wildman–Crippen LogP) is 0.697. The second-order valence-corrected chi connectivity index (χ2v) is 4.82. The molecule has 0 aliphatic rings. The van der Waals surface area contributed by atoms with Crippen molar-refractivity contribution in [2.45, 2.75) is 13.5 Å². The summed E-state index contributed by atoms with van der Waals surface area (Å²) in [5, 5.41) is 5.91. The normalized spacial score (nSPS) is 11.0. The summed E-state index contributed by atoms with van der Waals surface area (Å²) < 4.78 is 7.02. The number of aryl methyl sites for hydroxylation is 1. The molecule has 1 heterocycles. The summed E-state index contributed by atoms with van der Waals surface area (Å²) >= 11 is 0. The van der Waals surface area contributed by atoms with Gasteiger partial charge in [-0.1, -0.05) is 12.1 Å². The number of amides is 1. The molecule has 2 aromatic rings. The van der Waals surface area contributed by atoms with Gasteiger partial charge in [0.2, 0.25) is 5.91 Å². The number of para-hydroxylation sites is 2. The number of fused-ring (bicyclic) bond motifs is 1. The SMILES string of the molecule is COCCNCC(=O)NCCn1c(C)nc2ccccc21. The summed E-state index contributed by atoms with van der Waals surface area (Å²) in [5.74, 6) is 0.955. The molecule has 2 rings (SSSR count). The van der Waals surface area contributed by atoms with Gasteiger partial charge in [-0.3, -0.25) is 4.79 Å². The fraction of sp³-hybridized carbons (Fsp3) is 0.467. The molecule has 21 heavy (non-hydrogen) atoms. The third kappa shape index (κ3) is 4.27. The maximum absolute atomic E-state index is 11.6. The Kier molecular flexibility index (Phi) is 5.71. The molecule has 6 heteroatoms. The van der Waals surface area contributed by atoms with Crippen LogP contribution in [0.15, 0.2) is 24.3 Å². The molecule has 0 spiro atoms. The summed E-state index contributed by atoms with van der Waals surface area (Å²) in [6.07, 6.45) is 0. The van der Waals surface area contributed by atoms with Crippen LogP contribution in [0, 0.1) is 6.92 Å². The van der Waals surface area contributed by atoms with Gasteiger partial charge in [0.1, 0.15) is 5.82 Å². The lowest BCUT2D eigenvalue weighted by molar-refractivity contribution is -0.120. The molecule has 1 aromatic carbocycles. The molecular formula is C15H22N4O2. The third-order valence-corrected chi connectivity index (χ3v) is 3.27. The molecule has 1 amide bonds. The van der Waals surface area contributed by atoms with Gasteiger partial charge in [0.25, 0.3) is 0 Å². The summed E-state index contributed by atoms with van der Waals surface area (Å²) in [6, 6.07) is 8.02. The van der Waals surface area contributed by atoms with Gasteiger partial charge >= 0.3 is 0 Å². The van der Waals surface area contributed by atoms with Gasteiger partial charge in [-0.25, -0.2) is 4.98 Å².